The Bertz CT molecular complexity index is 1750. The molecule has 18 nitrogen and oxygen atoms in total. The van der Waals surface area contributed by atoms with Gasteiger partial charge in [-0.1, -0.05) is 25.4 Å². The predicted molar refractivity (Wildman–Crippen MR) is 192 cm³/mol. The third-order valence-corrected chi connectivity index (χ3v) is 12.1. The van der Waals surface area contributed by atoms with E-state index in [1.807, 2.05) is 0 Å². The SMILES string of the molecule is CC(C)[C@H]1NC(=O)[C@@H]2C[C@@]3(O)c4cc(O)c(Cl)cc4N[C@H]3N2C(=O)[C@H]2CCCNN2C(=O)[C@H](C)N(C)C(=O)[C@H]2CCCNN2C(=O)[C@@H]2CCCNN2C1=O. The lowest BCUT2D eigenvalue weighted by atomic mass is 9.90. The van der Waals surface area contributed by atoms with Gasteiger partial charge in [-0.15, -0.1) is 0 Å². The van der Waals surface area contributed by atoms with Crippen molar-refractivity contribution in [2.45, 2.75) is 114 Å². The number of hydrazine groups is 3. The van der Waals surface area contributed by atoms with Crippen LogP contribution in [0.25, 0.3) is 0 Å². The maximum Gasteiger partial charge on any atom is 0.261 e. The fourth-order valence-electron chi connectivity index (χ4n) is 8.68. The molecule has 294 valence electrons. The van der Waals surface area contributed by atoms with Gasteiger partial charge in [0.2, 0.25) is 17.7 Å². The molecule has 54 heavy (non-hydrogen) atoms. The zero-order chi connectivity index (χ0) is 38.8. The molecule has 19 heteroatoms. The normalized spacial score (nSPS) is 34.0. The summed E-state index contributed by atoms with van der Waals surface area (Å²) in [5.41, 5.74) is 7.84. The zero-order valence-corrected chi connectivity index (χ0v) is 31.6. The van der Waals surface area contributed by atoms with E-state index in [0.29, 0.717) is 57.4 Å². The standard InChI is InChI=1S/C35H49ClN10O8/c1-17(2)27-33(53)46-24(10-7-13-39-46)32(52)45-22(8-5-12-38-45)30(50)42(4)18(3)29(49)44-23(9-6-11-37-44)31(51)43-25(28(48)41-27)16-35(54)19-14-26(47)20(36)15-21(19)40-34(35)43/h14-15,17-18,22-25,27,34,37-40,47,54H,5-13,16H2,1-4H3,(H,41,48)/t18-,22+,23+,24-,25-,27+,34-,35+/m0/s1. The van der Waals surface area contributed by atoms with Crippen molar-refractivity contribution in [2.75, 3.05) is 32.0 Å². The Morgan fingerprint density at radius 3 is 1.89 bits per heavy atom. The maximum atomic E-state index is 14.9. The van der Waals surface area contributed by atoms with Crippen LogP contribution in [-0.2, 0) is 34.4 Å². The summed E-state index contributed by atoms with van der Waals surface area (Å²) < 4.78 is 0. The number of phenols is 1. The third-order valence-electron chi connectivity index (χ3n) is 11.8. The molecule has 0 bridgehead atoms. The van der Waals surface area contributed by atoms with E-state index >= 15 is 0 Å². The Kier molecular flexibility index (Phi) is 10.2. The van der Waals surface area contributed by atoms with Gasteiger partial charge in [0.1, 0.15) is 53.8 Å². The molecule has 5 saturated heterocycles. The van der Waals surface area contributed by atoms with Crippen molar-refractivity contribution in [2.24, 2.45) is 5.92 Å². The Morgan fingerprint density at radius 2 is 1.30 bits per heavy atom. The van der Waals surface area contributed by atoms with Crippen molar-refractivity contribution < 1.29 is 39.0 Å². The summed E-state index contributed by atoms with van der Waals surface area (Å²) >= 11 is 6.21. The average Bonchev–Trinajstić information content (AvgIpc) is 3.62. The quantitative estimate of drug-likeness (QED) is 0.172. The zero-order valence-electron chi connectivity index (χ0n) is 30.8. The predicted octanol–water partition coefficient (Wildman–Crippen LogP) is -0.926. The van der Waals surface area contributed by atoms with Gasteiger partial charge in [0.05, 0.1) is 5.02 Å². The fraction of sp³-hybridized carbons (Fsp3) is 0.657. The van der Waals surface area contributed by atoms with E-state index in [4.69, 9.17) is 11.6 Å². The number of nitrogens with zero attached hydrogens (tertiary/aromatic N) is 5. The highest BCUT2D eigenvalue weighted by molar-refractivity contribution is 6.32. The molecule has 0 aliphatic carbocycles. The van der Waals surface area contributed by atoms with E-state index in [1.54, 1.807) is 20.8 Å². The number of likely N-dealkylation sites (N-methyl/N-ethyl adjacent to an activating group) is 1. The molecule has 8 atom stereocenters. The number of aromatic hydroxyl groups is 1. The van der Waals surface area contributed by atoms with Crippen molar-refractivity contribution in [1.29, 1.82) is 0 Å². The lowest BCUT2D eigenvalue weighted by molar-refractivity contribution is -0.165. The number of amides is 6. The van der Waals surface area contributed by atoms with Crippen LogP contribution < -0.4 is 26.9 Å². The molecule has 6 heterocycles. The number of phenolic OH excluding ortho intramolecular Hbond substituents is 1. The summed E-state index contributed by atoms with van der Waals surface area (Å²) in [6.45, 7) is 6.21. The number of aliphatic hydroxyl groups is 1. The van der Waals surface area contributed by atoms with Gasteiger partial charge in [0.25, 0.3) is 17.7 Å². The summed E-state index contributed by atoms with van der Waals surface area (Å²) in [5, 5.41) is 32.6. The molecule has 6 aliphatic heterocycles. The lowest BCUT2D eigenvalue weighted by Gasteiger charge is -2.45. The molecule has 1 aromatic rings. The molecule has 0 radical (unpaired) electrons. The van der Waals surface area contributed by atoms with Crippen LogP contribution in [0.15, 0.2) is 12.1 Å². The van der Waals surface area contributed by atoms with Crippen LogP contribution in [0.1, 0.15) is 71.3 Å². The molecule has 0 spiro atoms. The number of carbonyl (C=O) groups excluding carboxylic acids is 6. The summed E-state index contributed by atoms with van der Waals surface area (Å²) in [6, 6.07) is -4.00. The van der Waals surface area contributed by atoms with Crippen LogP contribution in [0.3, 0.4) is 0 Å². The first kappa shape index (κ1) is 38.1. The van der Waals surface area contributed by atoms with E-state index in [1.165, 1.54) is 44.0 Å². The molecule has 0 saturated carbocycles. The van der Waals surface area contributed by atoms with Crippen molar-refractivity contribution in [1.82, 2.24) is 46.4 Å². The van der Waals surface area contributed by atoms with E-state index in [0.717, 1.165) is 0 Å². The molecule has 5 fully saturated rings. The monoisotopic (exact) mass is 772 g/mol. The Morgan fingerprint density at radius 1 is 0.759 bits per heavy atom. The van der Waals surface area contributed by atoms with E-state index in [2.05, 4.69) is 26.9 Å². The van der Waals surface area contributed by atoms with Crippen LogP contribution >= 0.6 is 11.6 Å². The van der Waals surface area contributed by atoms with Gasteiger partial charge in [-0.25, -0.2) is 16.3 Å². The Labute approximate surface area is 317 Å². The minimum Gasteiger partial charge on any atom is -0.506 e. The van der Waals surface area contributed by atoms with Crippen molar-refractivity contribution in [3.05, 3.63) is 22.7 Å². The molecular formula is C35H49ClN10O8. The number of hydrogen-bond acceptors (Lipinski definition) is 12. The molecular weight excluding hydrogens is 724 g/mol. The minimum atomic E-state index is -1.88. The highest BCUT2D eigenvalue weighted by Gasteiger charge is 2.62. The number of halogens is 1. The molecule has 7 rings (SSSR count). The van der Waals surface area contributed by atoms with Crippen molar-refractivity contribution in [3.63, 3.8) is 0 Å². The molecule has 7 N–H and O–H groups in total. The lowest BCUT2D eigenvalue weighted by Crippen LogP contribution is -2.69. The first-order chi connectivity index (χ1) is 25.6. The maximum absolute atomic E-state index is 14.9. The molecule has 6 aliphatic rings. The van der Waals surface area contributed by atoms with Gasteiger partial charge < -0.3 is 30.6 Å². The number of nitrogens with one attached hydrogen (secondary N) is 5. The highest BCUT2D eigenvalue weighted by atomic mass is 35.5. The number of rotatable bonds is 1. The molecule has 0 aromatic heterocycles. The second-order valence-corrected chi connectivity index (χ2v) is 15.9. The molecule has 1 aromatic carbocycles. The van der Waals surface area contributed by atoms with Crippen LogP contribution in [0.4, 0.5) is 5.69 Å². The van der Waals surface area contributed by atoms with Crippen LogP contribution in [-0.4, -0.2) is 140 Å². The van der Waals surface area contributed by atoms with Gasteiger partial charge in [0.15, 0.2) is 0 Å². The van der Waals surface area contributed by atoms with Crippen LogP contribution in [0.5, 0.6) is 5.75 Å². The summed E-state index contributed by atoms with van der Waals surface area (Å²) in [7, 11) is 1.48. The number of carbonyl (C=O) groups is 6. The second kappa shape index (κ2) is 14.4. The Balaban J connectivity index is 1.33. The summed E-state index contributed by atoms with van der Waals surface area (Å²) in [5.74, 6) is -4.28. The first-order valence-corrected chi connectivity index (χ1v) is 19.1. The van der Waals surface area contributed by atoms with Gasteiger partial charge in [-0.05, 0) is 63.5 Å². The number of anilines is 1. The average molecular weight is 773 g/mol. The highest BCUT2D eigenvalue weighted by Crippen LogP contribution is 2.52. The largest absolute Gasteiger partial charge is 0.506 e. The topological polar surface area (TPSA) is 219 Å². The van der Waals surface area contributed by atoms with Gasteiger partial charge >= 0.3 is 0 Å². The minimum absolute atomic E-state index is 0.0135. The Hall–Kier alpha value is -4.23. The molecule has 6 amide bonds. The van der Waals surface area contributed by atoms with E-state index in [-0.39, 0.29) is 29.2 Å². The number of benzene rings is 1. The van der Waals surface area contributed by atoms with E-state index < -0.39 is 89.4 Å². The first-order valence-electron chi connectivity index (χ1n) is 18.8. The number of fused-ring (bicyclic) bond motifs is 8. The van der Waals surface area contributed by atoms with Gasteiger partial charge in [-0.3, -0.25) is 43.8 Å². The van der Waals surface area contributed by atoms with Gasteiger partial charge in [-0.2, -0.15) is 0 Å². The van der Waals surface area contributed by atoms with Crippen LogP contribution in [0.2, 0.25) is 5.02 Å². The fourth-order valence-corrected chi connectivity index (χ4v) is 8.85. The molecule has 0 unspecified atom stereocenters. The van der Waals surface area contributed by atoms with Crippen LogP contribution in [0, 0.1) is 5.92 Å². The summed E-state index contributed by atoms with van der Waals surface area (Å²) in [4.78, 5) is 89.2. The smallest absolute Gasteiger partial charge is 0.261 e. The number of hydrogen-bond donors (Lipinski definition) is 7. The van der Waals surface area contributed by atoms with Crippen molar-refractivity contribution in [3.8, 4) is 5.75 Å². The summed E-state index contributed by atoms with van der Waals surface area (Å²) in [6.07, 6.45) is 0.941. The van der Waals surface area contributed by atoms with Gasteiger partial charge in [0, 0.05) is 44.4 Å². The van der Waals surface area contributed by atoms with E-state index in [9.17, 15) is 39.0 Å². The third kappa shape index (κ3) is 6.20. The van der Waals surface area contributed by atoms with Crippen molar-refractivity contribution >= 4 is 52.7 Å². The second-order valence-electron chi connectivity index (χ2n) is 15.5.